The van der Waals surface area contributed by atoms with E-state index >= 15 is 0 Å². The summed E-state index contributed by atoms with van der Waals surface area (Å²) >= 11 is 0. The average Bonchev–Trinajstić information content (AvgIpc) is 3.36. The number of carboxylic acids is 1. The highest BCUT2D eigenvalue weighted by Gasteiger charge is 2.37. The number of ether oxygens (including phenoxy) is 2. The second-order valence-electron chi connectivity index (χ2n) is 8.09. The summed E-state index contributed by atoms with van der Waals surface area (Å²) in [5.41, 5.74) is 1.77. The second kappa shape index (κ2) is 9.33. The van der Waals surface area contributed by atoms with Crippen LogP contribution in [0.15, 0.2) is 34.9 Å². The van der Waals surface area contributed by atoms with Crippen molar-refractivity contribution in [2.75, 3.05) is 13.2 Å². The Morgan fingerprint density at radius 2 is 2.00 bits per heavy atom. The van der Waals surface area contributed by atoms with Gasteiger partial charge in [0.2, 0.25) is 0 Å². The molecule has 0 fully saturated rings. The summed E-state index contributed by atoms with van der Waals surface area (Å²) in [6, 6.07) is 8.50. The van der Waals surface area contributed by atoms with E-state index in [-0.39, 0.29) is 36.5 Å². The monoisotopic (exact) mass is 463 g/mol. The van der Waals surface area contributed by atoms with Gasteiger partial charge in [0.05, 0.1) is 11.8 Å². The van der Waals surface area contributed by atoms with Gasteiger partial charge in [0.25, 0.3) is 0 Å². The highest BCUT2D eigenvalue weighted by Crippen LogP contribution is 2.39. The molecule has 3 aromatic rings. The molecule has 6 nitrogen and oxygen atoms in total. The molecule has 0 saturated carbocycles. The molecule has 0 bridgehead atoms. The Morgan fingerprint density at radius 1 is 1.21 bits per heavy atom. The molecule has 9 heteroatoms. The zero-order chi connectivity index (χ0) is 23.6. The number of carbonyl (C=O) groups is 1. The number of aromatic nitrogens is 1. The van der Waals surface area contributed by atoms with E-state index in [0.717, 1.165) is 24.0 Å². The van der Waals surface area contributed by atoms with Crippen molar-refractivity contribution >= 4 is 16.9 Å². The van der Waals surface area contributed by atoms with Crippen LogP contribution in [-0.2, 0) is 23.8 Å². The molecule has 33 heavy (non-hydrogen) atoms. The lowest BCUT2D eigenvalue weighted by atomic mass is 9.98. The SMILES string of the molecule is CCCc1c(OCCOc2ccc3c(c2)CC[C@H]3CC(=O)O)ccc2c(C(F)(F)F)noc12. The fourth-order valence-electron chi connectivity index (χ4n) is 4.37. The number of alkyl halides is 3. The summed E-state index contributed by atoms with van der Waals surface area (Å²) in [7, 11) is 0. The van der Waals surface area contributed by atoms with Crippen LogP contribution in [0.2, 0.25) is 0 Å². The lowest BCUT2D eigenvalue weighted by Crippen LogP contribution is -2.10. The number of benzene rings is 2. The Morgan fingerprint density at radius 3 is 2.73 bits per heavy atom. The van der Waals surface area contributed by atoms with E-state index in [4.69, 9.17) is 19.1 Å². The van der Waals surface area contributed by atoms with Crippen molar-refractivity contribution in [3.63, 3.8) is 0 Å². The minimum Gasteiger partial charge on any atom is -0.490 e. The van der Waals surface area contributed by atoms with Crippen LogP contribution in [-0.4, -0.2) is 29.4 Å². The Kier molecular flexibility index (Phi) is 6.49. The molecule has 1 N–H and O–H groups in total. The topological polar surface area (TPSA) is 81.8 Å². The summed E-state index contributed by atoms with van der Waals surface area (Å²) in [6.45, 7) is 2.36. The van der Waals surface area contributed by atoms with Gasteiger partial charge in [0.15, 0.2) is 11.3 Å². The summed E-state index contributed by atoms with van der Waals surface area (Å²) in [5, 5.41) is 12.2. The highest BCUT2D eigenvalue weighted by atomic mass is 19.4. The number of fused-ring (bicyclic) bond motifs is 2. The van der Waals surface area contributed by atoms with Crippen molar-refractivity contribution in [1.29, 1.82) is 0 Å². The molecule has 1 aliphatic carbocycles. The largest absolute Gasteiger partial charge is 0.490 e. The lowest BCUT2D eigenvalue weighted by molar-refractivity contribution is -0.141. The number of hydrogen-bond donors (Lipinski definition) is 1. The third-order valence-corrected chi connectivity index (χ3v) is 5.82. The first kappa shape index (κ1) is 22.9. The average molecular weight is 463 g/mol. The van der Waals surface area contributed by atoms with Gasteiger partial charge in [-0.25, -0.2) is 0 Å². The number of carboxylic acid groups (broad SMARTS) is 1. The molecule has 1 heterocycles. The van der Waals surface area contributed by atoms with E-state index in [1.54, 1.807) is 0 Å². The van der Waals surface area contributed by atoms with Crippen LogP contribution in [0.5, 0.6) is 11.5 Å². The number of hydrogen-bond acceptors (Lipinski definition) is 5. The quantitative estimate of drug-likeness (QED) is 0.406. The van der Waals surface area contributed by atoms with Crippen molar-refractivity contribution in [3.05, 3.63) is 52.7 Å². The van der Waals surface area contributed by atoms with Crippen LogP contribution >= 0.6 is 0 Å². The number of nitrogens with zero attached hydrogens (tertiary/aromatic N) is 1. The van der Waals surface area contributed by atoms with E-state index in [0.29, 0.717) is 29.9 Å². The zero-order valence-electron chi connectivity index (χ0n) is 18.1. The van der Waals surface area contributed by atoms with Gasteiger partial charge >= 0.3 is 12.1 Å². The molecule has 176 valence electrons. The predicted octanol–water partition coefficient (Wildman–Crippen LogP) is 5.76. The Hall–Kier alpha value is -3.23. The molecular weight excluding hydrogens is 439 g/mol. The molecule has 1 aromatic heterocycles. The van der Waals surface area contributed by atoms with E-state index < -0.39 is 17.8 Å². The second-order valence-corrected chi connectivity index (χ2v) is 8.09. The minimum atomic E-state index is -4.59. The van der Waals surface area contributed by atoms with E-state index in [2.05, 4.69) is 5.16 Å². The van der Waals surface area contributed by atoms with Crippen molar-refractivity contribution in [3.8, 4) is 11.5 Å². The highest BCUT2D eigenvalue weighted by molar-refractivity contribution is 5.85. The van der Waals surface area contributed by atoms with Crippen molar-refractivity contribution in [2.24, 2.45) is 0 Å². The summed E-state index contributed by atoms with van der Waals surface area (Å²) in [5.74, 6) is 0.354. The van der Waals surface area contributed by atoms with Gasteiger partial charge in [0, 0.05) is 5.56 Å². The minimum absolute atomic E-state index is 0.0377. The van der Waals surface area contributed by atoms with E-state index in [9.17, 15) is 18.0 Å². The summed E-state index contributed by atoms with van der Waals surface area (Å²) in [6.07, 6.45) is -1.64. The van der Waals surface area contributed by atoms with Crippen LogP contribution in [0.25, 0.3) is 11.0 Å². The molecule has 0 aliphatic heterocycles. The Labute approximate surface area is 188 Å². The predicted molar refractivity (Wildman–Crippen MR) is 114 cm³/mol. The maximum Gasteiger partial charge on any atom is 0.437 e. The third kappa shape index (κ3) is 4.91. The molecule has 2 aromatic carbocycles. The molecule has 0 radical (unpaired) electrons. The molecule has 0 spiro atoms. The molecule has 0 unspecified atom stereocenters. The lowest BCUT2D eigenvalue weighted by Gasteiger charge is -2.13. The maximum absolute atomic E-state index is 13.1. The summed E-state index contributed by atoms with van der Waals surface area (Å²) < 4.78 is 56.0. The number of rotatable bonds is 9. The standard InChI is InChI=1S/C24H24F3NO5/c1-2-3-18-20(9-8-19-22(18)33-28-23(19)24(25,26)27)32-11-10-31-16-6-7-17-14(12-16)4-5-15(17)13-21(29)30/h6-9,12,15H,2-5,10-11,13H2,1H3,(H,29,30)/t15-/m0/s1. The van der Waals surface area contributed by atoms with Crippen molar-refractivity contribution in [1.82, 2.24) is 5.16 Å². The van der Waals surface area contributed by atoms with Crippen LogP contribution in [0.3, 0.4) is 0 Å². The van der Waals surface area contributed by atoms with Gasteiger partial charge in [-0.2, -0.15) is 13.2 Å². The first-order valence-electron chi connectivity index (χ1n) is 10.9. The fraction of sp³-hybridized carbons (Fsp3) is 0.417. The fourth-order valence-corrected chi connectivity index (χ4v) is 4.37. The molecule has 1 aliphatic rings. The van der Waals surface area contributed by atoms with Gasteiger partial charge in [-0.05, 0) is 60.6 Å². The van der Waals surface area contributed by atoms with E-state index in [1.807, 2.05) is 25.1 Å². The van der Waals surface area contributed by atoms with Crippen LogP contribution < -0.4 is 9.47 Å². The molecule has 0 saturated heterocycles. The number of aryl methyl sites for hydroxylation is 2. The number of aliphatic carboxylic acids is 1. The van der Waals surface area contributed by atoms with E-state index in [1.165, 1.54) is 12.1 Å². The van der Waals surface area contributed by atoms with Gasteiger partial charge in [-0.15, -0.1) is 0 Å². The third-order valence-electron chi connectivity index (χ3n) is 5.82. The van der Waals surface area contributed by atoms with Gasteiger partial charge < -0.3 is 19.1 Å². The van der Waals surface area contributed by atoms with Crippen molar-refractivity contribution < 1.29 is 37.1 Å². The van der Waals surface area contributed by atoms with Crippen molar-refractivity contribution in [2.45, 2.75) is 51.1 Å². The molecule has 0 amide bonds. The smallest absolute Gasteiger partial charge is 0.437 e. The molecular formula is C24H24F3NO5. The number of halogens is 3. The van der Waals surface area contributed by atoms with Gasteiger partial charge in [0.1, 0.15) is 24.7 Å². The zero-order valence-corrected chi connectivity index (χ0v) is 18.1. The van der Waals surface area contributed by atoms with Crippen LogP contribution in [0, 0.1) is 0 Å². The van der Waals surface area contributed by atoms with Gasteiger partial charge in [-0.1, -0.05) is 24.6 Å². The van der Waals surface area contributed by atoms with Crippen LogP contribution in [0.4, 0.5) is 13.2 Å². The Bertz CT molecular complexity index is 1150. The van der Waals surface area contributed by atoms with Gasteiger partial charge in [-0.3, -0.25) is 4.79 Å². The normalized spacial score (nSPS) is 15.6. The maximum atomic E-state index is 13.1. The first-order valence-corrected chi connectivity index (χ1v) is 10.9. The Balaban J connectivity index is 1.40. The molecule has 4 rings (SSSR count). The molecule has 1 atom stereocenters. The first-order chi connectivity index (χ1) is 15.8. The summed E-state index contributed by atoms with van der Waals surface area (Å²) in [4.78, 5) is 11.0. The van der Waals surface area contributed by atoms with Crippen LogP contribution in [0.1, 0.15) is 54.5 Å².